The second-order valence-electron chi connectivity index (χ2n) is 9.79. The fourth-order valence-corrected chi connectivity index (χ4v) is 5.11. The second-order valence-corrected chi connectivity index (χ2v) is 9.79. The zero-order valence-corrected chi connectivity index (χ0v) is 22.1. The quantitative estimate of drug-likeness (QED) is 0.352. The van der Waals surface area contributed by atoms with Gasteiger partial charge in [0.15, 0.2) is 0 Å². The number of hydrogen-bond donors (Lipinski definition) is 1. The molecular formula is C32H41NO. The van der Waals surface area contributed by atoms with Crippen molar-refractivity contribution in [2.75, 3.05) is 0 Å². The molecule has 0 aliphatic heterocycles. The maximum Gasteiger partial charge on any atom is 0.0825 e. The van der Waals surface area contributed by atoms with E-state index in [1.807, 2.05) is 32.3 Å². The van der Waals surface area contributed by atoms with Crippen molar-refractivity contribution >= 4 is 6.08 Å². The van der Waals surface area contributed by atoms with Gasteiger partial charge in [-0.3, -0.25) is 4.98 Å². The van der Waals surface area contributed by atoms with E-state index in [0.29, 0.717) is 0 Å². The van der Waals surface area contributed by atoms with Crippen LogP contribution >= 0.6 is 0 Å². The Bertz CT molecular complexity index is 1150. The predicted octanol–water partition coefficient (Wildman–Crippen LogP) is 8.34. The molecule has 0 fully saturated rings. The summed E-state index contributed by atoms with van der Waals surface area (Å²) in [5, 5.41) is 10.6. The first-order valence-electron chi connectivity index (χ1n) is 12.8. The van der Waals surface area contributed by atoms with Gasteiger partial charge >= 0.3 is 0 Å². The average molecular weight is 456 g/mol. The molecule has 34 heavy (non-hydrogen) atoms. The molecule has 2 heteroatoms. The van der Waals surface area contributed by atoms with E-state index >= 15 is 0 Å². The highest BCUT2D eigenvalue weighted by atomic mass is 16.3. The molecule has 0 atom stereocenters. The first kappa shape index (κ1) is 25.9. The van der Waals surface area contributed by atoms with Crippen LogP contribution in [0, 0.1) is 20.8 Å². The summed E-state index contributed by atoms with van der Waals surface area (Å²) in [7, 11) is 0. The molecule has 0 spiro atoms. The van der Waals surface area contributed by atoms with Crippen molar-refractivity contribution in [3.8, 4) is 11.1 Å². The summed E-state index contributed by atoms with van der Waals surface area (Å²) in [6.07, 6.45) is 11.4. The van der Waals surface area contributed by atoms with Gasteiger partial charge in [0.25, 0.3) is 0 Å². The molecule has 0 unspecified atom stereocenters. The topological polar surface area (TPSA) is 33.1 Å². The van der Waals surface area contributed by atoms with Gasteiger partial charge in [-0.15, -0.1) is 0 Å². The molecule has 0 saturated carbocycles. The smallest absolute Gasteiger partial charge is 0.0825 e. The average Bonchev–Trinajstić information content (AvgIpc) is 2.84. The third-order valence-electron chi connectivity index (χ3n) is 7.79. The van der Waals surface area contributed by atoms with Gasteiger partial charge in [0, 0.05) is 23.4 Å². The van der Waals surface area contributed by atoms with Crippen molar-refractivity contribution in [1.29, 1.82) is 0 Å². The van der Waals surface area contributed by atoms with E-state index in [4.69, 9.17) is 0 Å². The van der Waals surface area contributed by atoms with Crippen molar-refractivity contribution in [2.24, 2.45) is 0 Å². The molecular weight excluding hydrogens is 414 g/mol. The fourth-order valence-electron chi connectivity index (χ4n) is 5.11. The third kappa shape index (κ3) is 5.18. The lowest BCUT2D eigenvalue weighted by molar-refractivity contribution is 0.0836. The van der Waals surface area contributed by atoms with Crippen molar-refractivity contribution in [3.05, 3.63) is 94.3 Å². The number of aliphatic hydroxyl groups is 1. The Kier molecular flexibility index (Phi) is 8.15. The minimum Gasteiger partial charge on any atom is -0.386 e. The van der Waals surface area contributed by atoms with E-state index in [1.54, 1.807) is 0 Å². The number of aryl methyl sites for hydroxylation is 3. The van der Waals surface area contributed by atoms with Crippen LogP contribution in [-0.4, -0.2) is 15.7 Å². The summed E-state index contributed by atoms with van der Waals surface area (Å²) < 4.78 is 0. The van der Waals surface area contributed by atoms with Gasteiger partial charge in [0.05, 0.1) is 5.60 Å². The summed E-state index contributed by atoms with van der Waals surface area (Å²) in [4.78, 5) is 4.39. The van der Waals surface area contributed by atoms with Crippen LogP contribution in [0.5, 0.6) is 0 Å². The second kappa shape index (κ2) is 10.7. The van der Waals surface area contributed by atoms with Crippen LogP contribution in [0.2, 0.25) is 0 Å². The monoisotopic (exact) mass is 455 g/mol. The Morgan fingerprint density at radius 2 is 1.38 bits per heavy atom. The summed E-state index contributed by atoms with van der Waals surface area (Å²) in [5.74, 6) is 0. The van der Waals surface area contributed by atoms with Gasteiger partial charge in [-0.05, 0) is 91.5 Å². The molecule has 3 aromatic rings. The molecule has 1 aromatic heterocycles. The largest absolute Gasteiger partial charge is 0.386 e. The van der Waals surface area contributed by atoms with Crippen molar-refractivity contribution in [1.82, 2.24) is 4.98 Å². The van der Waals surface area contributed by atoms with Gasteiger partial charge in [0.1, 0.15) is 0 Å². The van der Waals surface area contributed by atoms with Crippen LogP contribution < -0.4 is 0 Å². The Morgan fingerprint density at radius 1 is 0.765 bits per heavy atom. The molecule has 3 rings (SSSR count). The maximum absolute atomic E-state index is 10.6. The number of aromatic nitrogens is 1. The number of nitrogens with zero attached hydrogens (tertiary/aromatic N) is 1. The van der Waals surface area contributed by atoms with Gasteiger partial charge in [-0.2, -0.15) is 0 Å². The van der Waals surface area contributed by atoms with Crippen molar-refractivity contribution in [2.45, 2.75) is 85.2 Å². The van der Waals surface area contributed by atoms with Gasteiger partial charge in [0.2, 0.25) is 0 Å². The molecule has 0 aliphatic carbocycles. The Balaban J connectivity index is 2.01. The number of hydrogen-bond acceptors (Lipinski definition) is 2. The van der Waals surface area contributed by atoms with E-state index in [-0.39, 0.29) is 5.41 Å². The highest BCUT2D eigenvalue weighted by molar-refractivity contribution is 5.68. The maximum atomic E-state index is 10.6. The molecule has 0 amide bonds. The summed E-state index contributed by atoms with van der Waals surface area (Å²) in [5.41, 5.74) is 9.27. The van der Waals surface area contributed by atoms with E-state index in [2.05, 4.69) is 88.1 Å². The van der Waals surface area contributed by atoms with Gasteiger partial charge < -0.3 is 5.11 Å². The van der Waals surface area contributed by atoms with E-state index < -0.39 is 5.60 Å². The SMILES string of the molecule is CCC(O)(/C=C/c1ccc(C(CC)(CC)c2ccc(-c3cncc(C)c3)c(C)c2)cc1C)CC. The summed E-state index contributed by atoms with van der Waals surface area (Å²) in [6.45, 7) is 15.1. The Hall–Kier alpha value is -2.71. The number of pyridine rings is 1. The molecule has 1 heterocycles. The highest BCUT2D eigenvalue weighted by Crippen LogP contribution is 2.41. The normalized spacial score (nSPS) is 12.5. The van der Waals surface area contributed by atoms with Crippen LogP contribution in [0.25, 0.3) is 17.2 Å². The van der Waals surface area contributed by atoms with Crippen molar-refractivity contribution in [3.63, 3.8) is 0 Å². The van der Waals surface area contributed by atoms with Crippen LogP contribution in [0.3, 0.4) is 0 Å². The number of benzene rings is 2. The van der Waals surface area contributed by atoms with Crippen molar-refractivity contribution < 1.29 is 5.11 Å². The molecule has 0 bridgehead atoms. The molecule has 0 radical (unpaired) electrons. The van der Waals surface area contributed by atoms with Crippen LogP contribution in [0.15, 0.2) is 60.9 Å². The minimum absolute atomic E-state index is 0.0330. The predicted molar refractivity (Wildman–Crippen MR) is 146 cm³/mol. The molecule has 180 valence electrons. The number of rotatable bonds is 9. The zero-order valence-electron chi connectivity index (χ0n) is 22.1. The lowest BCUT2D eigenvalue weighted by atomic mass is 9.69. The van der Waals surface area contributed by atoms with Gasteiger partial charge in [-0.1, -0.05) is 76.2 Å². The van der Waals surface area contributed by atoms with Crippen LogP contribution in [0.1, 0.15) is 86.8 Å². The van der Waals surface area contributed by atoms with Crippen LogP contribution in [0.4, 0.5) is 0 Å². The highest BCUT2D eigenvalue weighted by Gasteiger charge is 2.31. The Morgan fingerprint density at radius 3 is 1.91 bits per heavy atom. The summed E-state index contributed by atoms with van der Waals surface area (Å²) >= 11 is 0. The molecule has 0 aliphatic rings. The van der Waals surface area contributed by atoms with E-state index in [0.717, 1.165) is 25.7 Å². The lowest BCUT2D eigenvalue weighted by Gasteiger charge is -2.34. The molecule has 2 aromatic carbocycles. The Labute approximate surface area is 206 Å². The first-order chi connectivity index (χ1) is 16.2. The minimum atomic E-state index is -0.728. The van der Waals surface area contributed by atoms with Crippen LogP contribution in [-0.2, 0) is 5.41 Å². The zero-order chi connectivity index (χ0) is 24.9. The standard InChI is InChI=1S/C32H41NO/c1-8-31(34,9-2)17-16-26-12-13-28(19-24(26)6)32(10-3,11-4)29-14-15-30(25(7)20-29)27-18-23(5)21-33-22-27/h12-22,34H,8-11H2,1-7H3/b17-16+. The molecule has 2 nitrogen and oxygen atoms in total. The fraction of sp³-hybridized carbons (Fsp3) is 0.406. The summed E-state index contributed by atoms with van der Waals surface area (Å²) in [6, 6.07) is 16.0. The third-order valence-corrected chi connectivity index (χ3v) is 7.79. The molecule has 1 N–H and O–H groups in total. The first-order valence-corrected chi connectivity index (χ1v) is 12.8. The van der Waals surface area contributed by atoms with E-state index in [9.17, 15) is 5.11 Å². The van der Waals surface area contributed by atoms with Gasteiger partial charge in [-0.25, -0.2) is 0 Å². The molecule has 0 saturated heterocycles. The van der Waals surface area contributed by atoms with E-state index in [1.165, 1.54) is 44.5 Å². The lowest BCUT2D eigenvalue weighted by Crippen LogP contribution is -2.26.